The van der Waals surface area contributed by atoms with Crippen molar-refractivity contribution in [3.05, 3.63) is 66.2 Å². The van der Waals surface area contributed by atoms with Crippen LogP contribution in [-0.4, -0.2) is 36.1 Å². The summed E-state index contributed by atoms with van der Waals surface area (Å²) in [7, 11) is 0. The maximum atomic E-state index is 12.6. The van der Waals surface area contributed by atoms with E-state index >= 15 is 0 Å². The molecule has 1 saturated heterocycles. The molecule has 1 aliphatic heterocycles. The Morgan fingerprint density at radius 2 is 1.62 bits per heavy atom. The van der Waals surface area contributed by atoms with Crippen LogP contribution in [0.5, 0.6) is 0 Å². The molecule has 1 N–H and O–H groups in total. The molecular formula is C20H25N3O. The van der Waals surface area contributed by atoms with Gasteiger partial charge in [0.25, 0.3) is 0 Å². The fourth-order valence-corrected chi connectivity index (χ4v) is 3.26. The van der Waals surface area contributed by atoms with Crippen LogP contribution in [0.25, 0.3) is 0 Å². The number of urea groups is 1. The first-order valence-corrected chi connectivity index (χ1v) is 8.46. The van der Waals surface area contributed by atoms with Crippen LogP contribution in [0, 0.1) is 0 Å². The third kappa shape index (κ3) is 3.70. The quantitative estimate of drug-likeness (QED) is 0.938. The number of para-hydroxylation sites is 1. The lowest BCUT2D eigenvalue weighted by atomic mass is 9.98. The van der Waals surface area contributed by atoms with Gasteiger partial charge in [-0.25, -0.2) is 4.79 Å². The average molecular weight is 323 g/mol. The van der Waals surface area contributed by atoms with Gasteiger partial charge in [0.2, 0.25) is 0 Å². The molecule has 0 radical (unpaired) electrons. The van der Waals surface area contributed by atoms with Crippen molar-refractivity contribution in [2.24, 2.45) is 0 Å². The molecule has 4 heteroatoms. The molecule has 0 aromatic heterocycles. The number of carbonyl (C=O) groups is 1. The van der Waals surface area contributed by atoms with Crippen LogP contribution in [0.2, 0.25) is 0 Å². The molecule has 24 heavy (non-hydrogen) atoms. The summed E-state index contributed by atoms with van der Waals surface area (Å²) in [5.41, 5.74) is 2.12. The average Bonchev–Trinajstić information content (AvgIpc) is 2.60. The number of hydrogen-bond donors (Lipinski definition) is 1. The molecule has 0 atom stereocenters. The van der Waals surface area contributed by atoms with E-state index in [1.165, 1.54) is 5.69 Å². The summed E-state index contributed by atoms with van der Waals surface area (Å²) in [4.78, 5) is 16.9. The summed E-state index contributed by atoms with van der Waals surface area (Å²) in [6.07, 6.45) is 0. The standard InChI is InChI=1S/C20H25N3O/c1-20(2)16-22(18-11-7-4-8-12-18)13-14-23(20)19(24)21-15-17-9-5-3-6-10-17/h3-12H,13-16H2,1-2H3,(H,21,24). The number of anilines is 1. The maximum absolute atomic E-state index is 12.6. The van der Waals surface area contributed by atoms with E-state index in [9.17, 15) is 4.79 Å². The Balaban J connectivity index is 1.62. The van der Waals surface area contributed by atoms with E-state index in [1.54, 1.807) is 0 Å². The Morgan fingerprint density at radius 3 is 2.25 bits per heavy atom. The zero-order valence-electron chi connectivity index (χ0n) is 14.4. The SMILES string of the molecule is CC1(C)CN(c2ccccc2)CCN1C(=O)NCc1ccccc1. The van der Waals surface area contributed by atoms with Gasteiger partial charge in [0.05, 0.1) is 5.54 Å². The van der Waals surface area contributed by atoms with E-state index in [0.29, 0.717) is 6.54 Å². The molecular weight excluding hydrogens is 298 g/mol. The molecule has 2 amide bonds. The highest BCUT2D eigenvalue weighted by atomic mass is 16.2. The van der Waals surface area contributed by atoms with Gasteiger partial charge in [0, 0.05) is 31.9 Å². The molecule has 2 aromatic rings. The molecule has 4 nitrogen and oxygen atoms in total. The molecule has 0 spiro atoms. The van der Waals surface area contributed by atoms with Gasteiger partial charge in [-0.3, -0.25) is 0 Å². The van der Waals surface area contributed by atoms with Gasteiger partial charge in [0.15, 0.2) is 0 Å². The Kier molecular flexibility index (Phi) is 4.74. The normalized spacial score (nSPS) is 16.8. The maximum Gasteiger partial charge on any atom is 0.318 e. The van der Waals surface area contributed by atoms with E-state index in [-0.39, 0.29) is 11.6 Å². The van der Waals surface area contributed by atoms with Crippen LogP contribution in [-0.2, 0) is 6.54 Å². The van der Waals surface area contributed by atoms with Gasteiger partial charge in [-0.2, -0.15) is 0 Å². The number of carbonyl (C=O) groups excluding carboxylic acids is 1. The molecule has 0 saturated carbocycles. The van der Waals surface area contributed by atoms with Crippen LogP contribution in [0.15, 0.2) is 60.7 Å². The molecule has 126 valence electrons. The Hall–Kier alpha value is -2.49. The second-order valence-electron chi connectivity index (χ2n) is 6.87. The van der Waals surface area contributed by atoms with Gasteiger partial charge in [-0.05, 0) is 31.5 Å². The topological polar surface area (TPSA) is 35.6 Å². The summed E-state index contributed by atoms with van der Waals surface area (Å²) in [6.45, 7) is 7.23. The summed E-state index contributed by atoms with van der Waals surface area (Å²) in [5.74, 6) is 0. The number of amides is 2. The largest absolute Gasteiger partial charge is 0.367 e. The number of benzene rings is 2. The van der Waals surface area contributed by atoms with Gasteiger partial charge >= 0.3 is 6.03 Å². The van der Waals surface area contributed by atoms with Crippen molar-refractivity contribution in [3.8, 4) is 0 Å². The summed E-state index contributed by atoms with van der Waals surface area (Å²) < 4.78 is 0. The predicted molar refractivity (Wildman–Crippen MR) is 98.1 cm³/mol. The minimum absolute atomic E-state index is 0.0107. The van der Waals surface area contributed by atoms with Crippen molar-refractivity contribution in [3.63, 3.8) is 0 Å². The monoisotopic (exact) mass is 323 g/mol. The number of rotatable bonds is 3. The Bertz CT molecular complexity index is 670. The number of nitrogens with zero attached hydrogens (tertiary/aromatic N) is 2. The first-order chi connectivity index (χ1) is 11.6. The number of nitrogens with one attached hydrogen (secondary N) is 1. The minimum Gasteiger partial charge on any atom is -0.367 e. The summed E-state index contributed by atoms with van der Waals surface area (Å²) in [6, 6.07) is 20.4. The zero-order chi connectivity index (χ0) is 17.0. The van der Waals surface area contributed by atoms with Crippen molar-refractivity contribution >= 4 is 11.7 Å². The molecule has 0 aliphatic carbocycles. The van der Waals surface area contributed by atoms with Crippen molar-refractivity contribution < 1.29 is 4.79 Å². The van der Waals surface area contributed by atoms with Crippen molar-refractivity contribution in [2.45, 2.75) is 25.9 Å². The molecule has 3 rings (SSSR count). The summed E-state index contributed by atoms with van der Waals surface area (Å²) in [5, 5.41) is 3.05. The van der Waals surface area contributed by atoms with Crippen LogP contribution in [0.1, 0.15) is 19.4 Å². The minimum atomic E-state index is -0.213. The van der Waals surface area contributed by atoms with Crippen LogP contribution in [0.3, 0.4) is 0 Å². The second-order valence-corrected chi connectivity index (χ2v) is 6.87. The molecule has 2 aromatic carbocycles. The lowest BCUT2D eigenvalue weighted by molar-refractivity contribution is 0.123. The van der Waals surface area contributed by atoms with Crippen molar-refractivity contribution in [2.75, 3.05) is 24.5 Å². The lowest BCUT2D eigenvalue weighted by Gasteiger charge is -2.47. The Morgan fingerprint density at radius 1 is 1.00 bits per heavy atom. The van der Waals surface area contributed by atoms with E-state index in [2.05, 4.69) is 48.3 Å². The Labute approximate surface area is 144 Å². The first kappa shape index (κ1) is 16.4. The predicted octanol–water partition coefficient (Wildman–Crippen LogP) is 3.50. The fraction of sp³-hybridized carbons (Fsp3) is 0.350. The summed E-state index contributed by atoms with van der Waals surface area (Å²) >= 11 is 0. The lowest BCUT2D eigenvalue weighted by Crippen LogP contribution is -2.63. The van der Waals surface area contributed by atoms with E-state index in [1.807, 2.05) is 41.3 Å². The highest BCUT2D eigenvalue weighted by Gasteiger charge is 2.36. The van der Waals surface area contributed by atoms with Crippen molar-refractivity contribution in [1.29, 1.82) is 0 Å². The smallest absolute Gasteiger partial charge is 0.318 e. The van der Waals surface area contributed by atoms with Crippen LogP contribution < -0.4 is 10.2 Å². The molecule has 0 bridgehead atoms. The number of hydrogen-bond acceptors (Lipinski definition) is 2. The molecule has 0 unspecified atom stereocenters. The van der Waals surface area contributed by atoms with Gasteiger partial charge < -0.3 is 15.1 Å². The van der Waals surface area contributed by atoms with Crippen LogP contribution >= 0.6 is 0 Å². The van der Waals surface area contributed by atoms with Gasteiger partial charge in [-0.15, -0.1) is 0 Å². The van der Waals surface area contributed by atoms with E-state index in [4.69, 9.17) is 0 Å². The molecule has 1 fully saturated rings. The van der Waals surface area contributed by atoms with Crippen molar-refractivity contribution in [1.82, 2.24) is 10.2 Å². The zero-order valence-corrected chi connectivity index (χ0v) is 14.4. The van der Waals surface area contributed by atoms with E-state index < -0.39 is 0 Å². The van der Waals surface area contributed by atoms with E-state index in [0.717, 1.165) is 25.2 Å². The molecule has 1 heterocycles. The van der Waals surface area contributed by atoms with Gasteiger partial charge in [0.1, 0.15) is 0 Å². The van der Waals surface area contributed by atoms with Crippen LogP contribution in [0.4, 0.5) is 10.5 Å². The number of piperazine rings is 1. The highest BCUT2D eigenvalue weighted by molar-refractivity contribution is 5.75. The van der Waals surface area contributed by atoms with Gasteiger partial charge in [-0.1, -0.05) is 48.5 Å². The third-order valence-corrected chi connectivity index (χ3v) is 4.56. The molecule has 1 aliphatic rings. The fourth-order valence-electron chi connectivity index (χ4n) is 3.26. The third-order valence-electron chi connectivity index (χ3n) is 4.56. The highest BCUT2D eigenvalue weighted by Crippen LogP contribution is 2.25. The first-order valence-electron chi connectivity index (χ1n) is 8.46. The second kappa shape index (κ2) is 6.95.